The van der Waals surface area contributed by atoms with E-state index in [1.54, 1.807) is 44.6 Å². The minimum absolute atomic E-state index is 0.140. The molecule has 0 unspecified atom stereocenters. The molecule has 1 aliphatic carbocycles. The van der Waals surface area contributed by atoms with Crippen LogP contribution in [0.5, 0.6) is 34.5 Å². The molecule has 0 radical (unpaired) electrons. The highest BCUT2D eigenvalue weighted by Crippen LogP contribution is 2.39. The molecule has 2 aromatic rings. The molecular weight excluding hydrogens is 570 g/mol. The summed E-state index contributed by atoms with van der Waals surface area (Å²) in [5, 5.41) is 0. The first-order valence-electron chi connectivity index (χ1n) is 14.6. The number of benzene rings is 2. The molecule has 0 atom stereocenters. The predicted octanol–water partition coefficient (Wildman–Crippen LogP) is 5.17. The van der Waals surface area contributed by atoms with Gasteiger partial charge in [-0.1, -0.05) is 0 Å². The molecule has 44 heavy (non-hydrogen) atoms. The monoisotopic (exact) mass is 615 g/mol. The Kier molecular flexibility index (Phi) is 13.5. The van der Waals surface area contributed by atoms with Crippen LogP contribution < -0.4 is 28.4 Å². The van der Waals surface area contributed by atoms with Crippen LogP contribution >= 0.6 is 0 Å². The van der Waals surface area contributed by atoms with Gasteiger partial charge in [-0.3, -0.25) is 0 Å². The van der Waals surface area contributed by atoms with E-state index in [9.17, 15) is 9.59 Å². The fourth-order valence-electron chi connectivity index (χ4n) is 5.25. The van der Waals surface area contributed by atoms with E-state index >= 15 is 0 Å². The zero-order valence-electron chi connectivity index (χ0n) is 26.8. The minimum atomic E-state index is -0.411. The van der Waals surface area contributed by atoms with Gasteiger partial charge in [-0.25, -0.2) is 9.59 Å². The van der Waals surface area contributed by atoms with E-state index in [0.29, 0.717) is 52.7 Å². The Balaban J connectivity index is 1.37. The maximum Gasteiger partial charge on any atom is 0.338 e. The summed E-state index contributed by atoms with van der Waals surface area (Å²) in [6.45, 7) is 1.23. The van der Waals surface area contributed by atoms with E-state index in [1.807, 2.05) is 0 Å². The fraction of sp³-hybridized carbons (Fsp3) is 0.515. The summed E-state index contributed by atoms with van der Waals surface area (Å²) in [5.74, 6) is 1.93. The SMILES string of the molecule is COc1cc(/C=C/C(=O)OCCCCN(C)C2CCC(OC(=O)c3cc(OC)c(OC)c(OC)c3)CC2)cc(OC)c1OC. The third kappa shape index (κ3) is 9.19. The third-order valence-corrected chi connectivity index (χ3v) is 7.69. The van der Waals surface area contributed by atoms with Gasteiger partial charge in [-0.2, -0.15) is 0 Å². The average Bonchev–Trinajstić information content (AvgIpc) is 3.05. The summed E-state index contributed by atoms with van der Waals surface area (Å²) in [7, 11) is 11.3. The lowest BCUT2D eigenvalue weighted by Crippen LogP contribution is -2.38. The van der Waals surface area contributed by atoms with Crippen molar-refractivity contribution in [2.24, 2.45) is 0 Å². The van der Waals surface area contributed by atoms with Crippen molar-refractivity contribution in [3.63, 3.8) is 0 Å². The number of nitrogens with zero attached hydrogens (tertiary/aromatic N) is 1. The van der Waals surface area contributed by atoms with Crippen molar-refractivity contribution in [1.29, 1.82) is 0 Å². The van der Waals surface area contributed by atoms with E-state index < -0.39 is 11.9 Å². The predicted molar refractivity (Wildman–Crippen MR) is 166 cm³/mol. The van der Waals surface area contributed by atoms with Crippen molar-refractivity contribution in [3.8, 4) is 34.5 Å². The highest BCUT2D eigenvalue weighted by molar-refractivity contribution is 5.91. The molecule has 0 amide bonds. The zero-order valence-corrected chi connectivity index (χ0v) is 26.8. The lowest BCUT2D eigenvalue weighted by Gasteiger charge is -2.34. The van der Waals surface area contributed by atoms with Crippen molar-refractivity contribution in [1.82, 2.24) is 4.90 Å². The van der Waals surface area contributed by atoms with Gasteiger partial charge in [0.05, 0.1) is 54.8 Å². The van der Waals surface area contributed by atoms with Gasteiger partial charge >= 0.3 is 11.9 Å². The van der Waals surface area contributed by atoms with Gasteiger partial charge < -0.3 is 42.8 Å². The van der Waals surface area contributed by atoms with Gasteiger partial charge in [0.2, 0.25) is 11.5 Å². The van der Waals surface area contributed by atoms with Gasteiger partial charge in [-0.05, 0) is 88.0 Å². The highest BCUT2D eigenvalue weighted by atomic mass is 16.6. The summed E-state index contributed by atoms with van der Waals surface area (Å²) in [6, 6.07) is 7.14. The maximum absolute atomic E-state index is 12.9. The molecule has 11 nitrogen and oxygen atoms in total. The quantitative estimate of drug-likeness (QED) is 0.142. The van der Waals surface area contributed by atoms with Crippen molar-refractivity contribution in [2.75, 3.05) is 62.9 Å². The second-order valence-electron chi connectivity index (χ2n) is 10.4. The van der Waals surface area contributed by atoms with Crippen LogP contribution in [0.2, 0.25) is 0 Å². The van der Waals surface area contributed by atoms with Gasteiger partial charge in [-0.15, -0.1) is 0 Å². The molecule has 3 rings (SSSR count). The molecule has 11 heteroatoms. The molecule has 1 aliphatic rings. The molecule has 242 valence electrons. The number of carbonyl (C=O) groups is 2. The molecule has 0 aromatic heterocycles. The molecular formula is C33H45NO10. The van der Waals surface area contributed by atoms with Crippen molar-refractivity contribution >= 4 is 18.0 Å². The van der Waals surface area contributed by atoms with E-state index in [2.05, 4.69) is 11.9 Å². The Labute approximate surface area is 259 Å². The van der Waals surface area contributed by atoms with E-state index in [1.165, 1.54) is 34.5 Å². The topological polar surface area (TPSA) is 111 Å². The smallest absolute Gasteiger partial charge is 0.338 e. The standard InChI is InChI=1S/C33H45NO10/c1-34(16-8-9-17-43-30(35)15-10-22-18-26(37-2)31(41-6)27(19-22)38-3)24-11-13-25(14-12-24)44-33(36)23-20-28(39-4)32(42-7)29(21-23)40-5/h10,15,18-21,24-25H,8-9,11-14,16-17H2,1-7H3/b15-10+. The maximum atomic E-state index is 12.9. The van der Waals surface area contributed by atoms with Crippen LogP contribution in [0.4, 0.5) is 0 Å². The lowest BCUT2D eigenvalue weighted by atomic mass is 9.92. The van der Waals surface area contributed by atoms with Gasteiger partial charge in [0.15, 0.2) is 23.0 Å². The van der Waals surface area contributed by atoms with E-state index in [4.69, 9.17) is 37.9 Å². The van der Waals surface area contributed by atoms with Crippen LogP contribution in [-0.2, 0) is 14.3 Å². The van der Waals surface area contributed by atoms with Crippen LogP contribution in [0.15, 0.2) is 30.3 Å². The zero-order chi connectivity index (χ0) is 32.1. The number of methoxy groups -OCH3 is 6. The Bertz CT molecular complexity index is 1220. The summed E-state index contributed by atoms with van der Waals surface area (Å²) >= 11 is 0. The minimum Gasteiger partial charge on any atom is -0.493 e. The molecule has 0 saturated heterocycles. The van der Waals surface area contributed by atoms with Crippen molar-refractivity contribution in [3.05, 3.63) is 41.5 Å². The Morgan fingerprint density at radius 3 is 1.77 bits per heavy atom. The first-order valence-corrected chi connectivity index (χ1v) is 14.6. The molecule has 0 heterocycles. The van der Waals surface area contributed by atoms with Gasteiger partial charge in [0.1, 0.15) is 6.10 Å². The molecule has 0 spiro atoms. The largest absolute Gasteiger partial charge is 0.493 e. The number of hydrogen-bond acceptors (Lipinski definition) is 11. The number of hydrogen-bond donors (Lipinski definition) is 0. The third-order valence-electron chi connectivity index (χ3n) is 7.69. The van der Waals surface area contributed by atoms with E-state index in [0.717, 1.165) is 50.6 Å². The second kappa shape index (κ2) is 17.2. The number of esters is 2. The Hall–Kier alpha value is -4.12. The first-order chi connectivity index (χ1) is 21.3. The highest BCUT2D eigenvalue weighted by Gasteiger charge is 2.27. The van der Waals surface area contributed by atoms with Crippen LogP contribution in [0.1, 0.15) is 54.4 Å². The number of carbonyl (C=O) groups excluding carboxylic acids is 2. The molecule has 1 saturated carbocycles. The van der Waals surface area contributed by atoms with Crippen LogP contribution in [0.25, 0.3) is 6.08 Å². The summed E-state index contributed by atoms with van der Waals surface area (Å²) in [6.07, 6.45) is 8.01. The molecule has 2 aromatic carbocycles. The Morgan fingerprint density at radius 2 is 1.27 bits per heavy atom. The number of rotatable bonds is 16. The van der Waals surface area contributed by atoms with Crippen LogP contribution in [0.3, 0.4) is 0 Å². The normalized spacial score (nSPS) is 16.4. The van der Waals surface area contributed by atoms with E-state index in [-0.39, 0.29) is 6.10 Å². The van der Waals surface area contributed by atoms with Gasteiger partial charge in [0, 0.05) is 12.1 Å². The van der Waals surface area contributed by atoms with Crippen LogP contribution in [-0.4, -0.2) is 91.8 Å². The molecule has 0 N–H and O–H groups in total. The lowest BCUT2D eigenvalue weighted by molar-refractivity contribution is -0.137. The molecule has 0 bridgehead atoms. The molecule has 0 aliphatic heterocycles. The number of ether oxygens (including phenoxy) is 8. The van der Waals surface area contributed by atoms with Crippen LogP contribution in [0, 0.1) is 0 Å². The van der Waals surface area contributed by atoms with Crippen molar-refractivity contribution < 1.29 is 47.5 Å². The summed E-state index contributed by atoms with van der Waals surface area (Å²) < 4.78 is 43.2. The number of unbranched alkanes of at least 4 members (excludes halogenated alkanes) is 1. The fourth-order valence-corrected chi connectivity index (χ4v) is 5.25. The second-order valence-corrected chi connectivity index (χ2v) is 10.4. The van der Waals surface area contributed by atoms with Crippen molar-refractivity contribution in [2.45, 2.75) is 50.7 Å². The van der Waals surface area contributed by atoms with Gasteiger partial charge in [0.25, 0.3) is 0 Å². The average molecular weight is 616 g/mol. The summed E-state index contributed by atoms with van der Waals surface area (Å²) in [5.41, 5.74) is 1.08. The molecule has 1 fully saturated rings. The first kappa shape index (κ1) is 34.4. The Morgan fingerprint density at radius 1 is 0.750 bits per heavy atom. The summed E-state index contributed by atoms with van der Waals surface area (Å²) in [4.78, 5) is 27.4.